The summed E-state index contributed by atoms with van der Waals surface area (Å²) in [5.41, 5.74) is 2.02. The van der Waals surface area contributed by atoms with Gasteiger partial charge >= 0.3 is 5.97 Å². The third-order valence-corrected chi connectivity index (χ3v) is 3.34. The molecule has 1 fully saturated rings. The molecule has 116 valence electrons. The van der Waals surface area contributed by atoms with Crippen molar-refractivity contribution in [1.29, 1.82) is 0 Å². The van der Waals surface area contributed by atoms with Gasteiger partial charge in [0.15, 0.2) is 0 Å². The molecule has 0 unspecified atom stereocenters. The molecule has 0 radical (unpaired) electrons. The van der Waals surface area contributed by atoms with Crippen LogP contribution in [0.2, 0.25) is 0 Å². The largest absolute Gasteiger partial charge is 0.458 e. The van der Waals surface area contributed by atoms with Crippen molar-refractivity contribution in [3.8, 4) is 0 Å². The molecule has 0 aromatic carbocycles. The van der Waals surface area contributed by atoms with Crippen LogP contribution in [0.25, 0.3) is 0 Å². The molecule has 0 aromatic heterocycles. The van der Waals surface area contributed by atoms with Gasteiger partial charge in [0.1, 0.15) is 17.4 Å². The van der Waals surface area contributed by atoms with Crippen LogP contribution in [-0.4, -0.2) is 46.6 Å². The van der Waals surface area contributed by atoms with Crippen molar-refractivity contribution in [2.45, 2.75) is 58.1 Å². The molecule has 7 heteroatoms. The summed E-state index contributed by atoms with van der Waals surface area (Å²) in [7, 11) is 0. The van der Waals surface area contributed by atoms with Gasteiger partial charge in [-0.15, -0.1) is 0 Å². The van der Waals surface area contributed by atoms with E-state index >= 15 is 0 Å². The summed E-state index contributed by atoms with van der Waals surface area (Å²) in [6, 6.07) is -0.558. The van der Waals surface area contributed by atoms with Crippen LogP contribution in [0.15, 0.2) is 5.10 Å². The Kier molecular flexibility index (Phi) is 4.29. The third kappa shape index (κ3) is 3.80. The first-order chi connectivity index (χ1) is 9.78. The Balaban J connectivity index is 2.06. The number of nitrogens with one attached hydrogen (secondary N) is 1. The topological polar surface area (TPSA) is 88.1 Å². The number of amides is 2. The van der Waals surface area contributed by atoms with Gasteiger partial charge in [-0.25, -0.2) is 10.2 Å². The van der Waals surface area contributed by atoms with E-state index in [2.05, 4.69) is 10.5 Å². The molecule has 7 nitrogen and oxygen atoms in total. The average Bonchev–Trinajstić information content (AvgIpc) is 2.86. The minimum atomic E-state index is -0.579. The van der Waals surface area contributed by atoms with Crippen LogP contribution in [-0.2, 0) is 19.1 Å². The monoisotopic (exact) mass is 295 g/mol. The molecule has 2 amide bonds. The first-order valence-corrected chi connectivity index (χ1v) is 7.17. The number of hydrazone groups is 1. The summed E-state index contributed by atoms with van der Waals surface area (Å²) < 4.78 is 5.36. The van der Waals surface area contributed by atoms with E-state index < -0.39 is 11.6 Å². The number of rotatable bonds is 2. The van der Waals surface area contributed by atoms with Crippen LogP contribution in [0.4, 0.5) is 0 Å². The van der Waals surface area contributed by atoms with Crippen molar-refractivity contribution in [3.63, 3.8) is 0 Å². The van der Waals surface area contributed by atoms with E-state index in [0.29, 0.717) is 25.1 Å². The Labute approximate surface area is 123 Å². The Hall–Kier alpha value is -1.92. The second kappa shape index (κ2) is 5.83. The predicted molar refractivity (Wildman–Crippen MR) is 75.4 cm³/mol. The molecule has 0 bridgehead atoms. The van der Waals surface area contributed by atoms with Crippen molar-refractivity contribution in [1.82, 2.24) is 10.3 Å². The zero-order chi connectivity index (χ0) is 15.6. The summed E-state index contributed by atoms with van der Waals surface area (Å²) in [5.74, 6) is -0.867. The molecule has 1 saturated heterocycles. The molecule has 1 N–H and O–H groups in total. The van der Waals surface area contributed by atoms with Crippen molar-refractivity contribution in [2.24, 2.45) is 5.10 Å². The summed E-state index contributed by atoms with van der Waals surface area (Å²) >= 11 is 0. The van der Waals surface area contributed by atoms with E-state index in [1.807, 2.05) is 0 Å². The van der Waals surface area contributed by atoms with E-state index in [-0.39, 0.29) is 24.2 Å². The Morgan fingerprint density at radius 2 is 2.05 bits per heavy atom. The number of hydrogen-bond donors (Lipinski definition) is 1. The first-order valence-electron chi connectivity index (χ1n) is 7.17. The molecule has 1 atom stereocenters. The zero-order valence-corrected chi connectivity index (χ0v) is 12.6. The second-order valence-electron chi connectivity index (χ2n) is 6.28. The Morgan fingerprint density at radius 3 is 2.62 bits per heavy atom. The quantitative estimate of drug-likeness (QED) is 0.755. The normalized spacial score (nSPS) is 22.6. The highest BCUT2D eigenvalue weighted by Crippen LogP contribution is 2.22. The van der Waals surface area contributed by atoms with E-state index in [4.69, 9.17) is 4.74 Å². The molecule has 0 aromatic rings. The van der Waals surface area contributed by atoms with Gasteiger partial charge in [0, 0.05) is 19.4 Å². The van der Waals surface area contributed by atoms with E-state index in [9.17, 15) is 14.4 Å². The van der Waals surface area contributed by atoms with Gasteiger partial charge in [0.2, 0.25) is 5.91 Å². The standard InChI is InChI=1S/C14H21N3O4/c1-14(2,3)21-13(20)10-5-4-8-17(10)12(19)9-6-7-11(18)16-15-9/h10H,4-8H2,1-3H3,(H,16,18)/t10-/m0/s1. The zero-order valence-electron chi connectivity index (χ0n) is 12.6. The second-order valence-corrected chi connectivity index (χ2v) is 6.28. The summed E-state index contributed by atoms with van der Waals surface area (Å²) in [4.78, 5) is 37.2. The van der Waals surface area contributed by atoms with Crippen molar-refractivity contribution in [2.75, 3.05) is 6.54 Å². The van der Waals surface area contributed by atoms with Gasteiger partial charge < -0.3 is 9.64 Å². The number of nitrogens with zero attached hydrogens (tertiary/aromatic N) is 2. The number of ether oxygens (including phenoxy) is 1. The van der Waals surface area contributed by atoms with Crippen molar-refractivity contribution in [3.05, 3.63) is 0 Å². The lowest BCUT2D eigenvalue weighted by Gasteiger charge is -2.28. The lowest BCUT2D eigenvalue weighted by molar-refractivity contribution is -0.162. The van der Waals surface area contributed by atoms with E-state index in [0.717, 1.165) is 6.42 Å². The van der Waals surface area contributed by atoms with Gasteiger partial charge in [-0.3, -0.25) is 9.59 Å². The van der Waals surface area contributed by atoms with Crippen LogP contribution < -0.4 is 5.43 Å². The fourth-order valence-corrected chi connectivity index (χ4v) is 2.42. The number of hydrogen-bond acceptors (Lipinski definition) is 5. The van der Waals surface area contributed by atoms with Gasteiger partial charge in [-0.2, -0.15) is 5.10 Å². The number of likely N-dealkylation sites (tertiary alicyclic amines) is 1. The van der Waals surface area contributed by atoms with Gasteiger partial charge in [-0.05, 0) is 33.6 Å². The Bertz CT molecular complexity index is 493. The van der Waals surface area contributed by atoms with Gasteiger partial charge in [-0.1, -0.05) is 0 Å². The molecule has 2 heterocycles. The highest BCUT2D eigenvalue weighted by atomic mass is 16.6. The number of carbonyl (C=O) groups excluding carboxylic acids is 3. The summed E-state index contributed by atoms with van der Waals surface area (Å²) in [6.45, 7) is 5.90. The molecule has 2 rings (SSSR count). The van der Waals surface area contributed by atoms with E-state index in [1.54, 1.807) is 20.8 Å². The van der Waals surface area contributed by atoms with Crippen molar-refractivity contribution >= 4 is 23.5 Å². The first kappa shape index (κ1) is 15.5. The van der Waals surface area contributed by atoms with Gasteiger partial charge in [0.05, 0.1) is 0 Å². The molecule has 2 aliphatic rings. The molecule has 0 spiro atoms. The van der Waals surface area contributed by atoms with E-state index in [1.165, 1.54) is 4.90 Å². The van der Waals surface area contributed by atoms with Crippen LogP contribution in [0.3, 0.4) is 0 Å². The smallest absolute Gasteiger partial charge is 0.329 e. The molecule has 2 aliphatic heterocycles. The Morgan fingerprint density at radius 1 is 1.33 bits per heavy atom. The average molecular weight is 295 g/mol. The minimum absolute atomic E-state index is 0.198. The fraction of sp³-hybridized carbons (Fsp3) is 0.714. The molecule has 21 heavy (non-hydrogen) atoms. The maximum atomic E-state index is 12.4. The highest BCUT2D eigenvalue weighted by molar-refractivity contribution is 6.39. The molecule has 0 aliphatic carbocycles. The summed E-state index contributed by atoms with van der Waals surface area (Å²) in [5, 5.41) is 3.80. The highest BCUT2D eigenvalue weighted by Gasteiger charge is 2.38. The molecular formula is C14H21N3O4. The minimum Gasteiger partial charge on any atom is -0.458 e. The predicted octanol–water partition coefficient (Wildman–Crippen LogP) is 0.585. The maximum Gasteiger partial charge on any atom is 0.329 e. The third-order valence-electron chi connectivity index (χ3n) is 3.34. The van der Waals surface area contributed by atoms with Crippen LogP contribution in [0, 0.1) is 0 Å². The fourth-order valence-electron chi connectivity index (χ4n) is 2.42. The van der Waals surface area contributed by atoms with Crippen LogP contribution in [0.5, 0.6) is 0 Å². The van der Waals surface area contributed by atoms with Gasteiger partial charge in [0.25, 0.3) is 5.91 Å². The maximum absolute atomic E-state index is 12.4. The summed E-state index contributed by atoms with van der Waals surface area (Å²) in [6.07, 6.45) is 1.91. The molecule has 0 saturated carbocycles. The SMILES string of the molecule is CC(C)(C)OC(=O)[C@@H]1CCCN1C(=O)C1=NNC(=O)CC1. The number of esters is 1. The van der Waals surface area contributed by atoms with Crippen molar-refractivity contribution < 1.29 is 19.1 Å². The molecular weight excluding hydrogens is 274 g/mol. The van der Waals surface area contributed by atoms with Crippen LogP contribution in [0.1, 0.15) is 46.5 Å². The van der Waals surface area contributed by atoms with Crippen LogP contribution >= 0.6 is 0 Å². The lowest BCUT2D eigenvalue weighted by atomic mass is 10.1. The number of carbonyl (C=O) groups is 3. The lowest BCUT2D eigenvalue weighted by Crippen LogP contribution is -2.47.